The first-order valence-corrected chi connectivity index (χ1v) is 6.71. The molecule has 0 aromatic heterocycles. The third kappa shape index (κ3) is 2.52. The van der Waals surface area contributed by atoms with E-state index < -0.39 is 0 Å². The van der Waals surface area contributed by atoms with Crippen LogP contribution in [0.25, 0.3) is 0 Å². The Morgan fingerprint density at radius 3 is 2.56 bits per heavy atom. The Morgan fingerprint density at radius 1 is 1.39 bits per heavy atom. The van der Waals surface area contributed by atoms with Gasteiger partial charge in [0.15, 0.2) is 0 Å². The molecule has 18 heavy (non-hydrogen) atoms. The molecule has 1 fully saturated rings. The highest BCUT2D eigenvalue weighted by molar-refractivity contribution is 5.40. The maximum Gasteiger partial charge on any atom is 0.123 e. The molecule has 3 nitrogen and oxygen atoms in total. The first-order valence-electron chi connectivity index (χ1n) is 6.71. The van der Waals surface area contributed by atoms with E-state index in [0.717, 1.165) is 25.3 Å². The van der Waals surface area contributed by atoms with E-state index in [1.165, 1.54) is 11.1 Å². The summed E-state index contributed by atoms with van der Waals surface area (Å²) in [5.41, 5.74) is 2.71. The second-order valence-corrected chi connectivity index (χ2v) is 5.26. The normalized spacial score (nSPS) is 17.6. The zero-order valence-corrected chi connectivity index (χ0v) is 11.9. The van der Waals surface area contributed by atoms with Gasteiger partial charge < -0.3 is 15.0 Å². The Kier molecular flexibility index (Phi) is 4.25. The van der Waals surface area contributed by atoms with Gasteiger partial charge in [-0.05, 0) is 32.1 Å². The number of hydrogen-bond donors (Lipinski definition) is 1. The molecule has 1 aliphatic rings. The van der Waals surface area contributed by atoms with E-state index >= 15 is 0 Å². The lowest BCUT2D eigenvalue weighted by Gasteiger charge is -2.39. The molecular formula is C15H24N2O. The first kappa shape index (κ1) is 13.4. The van der Waals surface area contributed by atoms with Crippen LogP contribution in [0.5, 0.6) is 5.75 Å². The van der Waals surface area contributed by atoms with Crippen molar-refractivity contribution < 1.29 is 4.74 Å². The van der Waals surface area contributed by atoms with Crippen molar-refractivity contribution >= 4 is 0 Å². The second-order valence-electron chi connectivity index (χ2n) is 5.26. The van der Waals surface area contributed by atoms with Crippen LogP contribution in [0, 0.1) is 5.92 Å². The number of aryl methyl sites for hydroxylation is 1. The van der Waals surface area contributed by atoms with E-state index in [4.69, 9.17) is 4.74 Å². The minimum absolute atomic E-state index is 0.438. The lowest BCUT2D eigenvalue weighted by Crippen LogP contribution is -2.48. The first-order chi connectivity index (χ1) is 8.67. The molecule has 1 saturated heterocycles. The number of rotatable bonds is 5. The van der Waals surface area contributed by atoms with Crippen LogP contribution >= 0.6 is 0 Å². The van der Waals surface area contributed by atoms with Crippen LogP contribution in [-0.4, -0.2) is 39.2 Å². The Morgan fingerprint density at radius 2 is 2.11 bits per heavy atom. The molecule has 1 N–H and O–H groups in total. The number of methoxy groups -OCH3 is 1. The Bertz CT molecular complexity index is 399. The number of nitrogens with one attached hydrogen (secondary N) is 1. The molecule has 1 aliphatic heterocycles. The van der Waals surface area contributed by atoms with Gasteiger partial charge in [-0.15, -0.1) is 0 Å². The quantitative estimate of drug-likeness (QED) is 0.863. The van der Waals surface area contributed by atoms with Crippen molar-refractivity contribution in [1.82, 2.24) is 10.2 Å². The van der Waals surface area contributed by atoms with Crippen molar-refractivity contribution in [3.8, 4) is 5.75 Å². The molecule has 0 bridgehead atoms. The van der Waals surface area contributed by atoms with Crippen LogP contribution in [0.3, 0.4) is 0 Å². The van der Waals surface area contributed by atoms with Gasteiger partial charge >= 0.3 is 0 Å². The summed E-state index contributed by atoms with van der Waals surface area (Å²) in [6.45, 7) is 4.39. The summed E-state index contributed by atoms with van der Waals surface area (Å²) in [5.74, 6) is 1.69. The second kappa shape index (κ2) is 5.72. The van der Waals surface area contributed by atoms with Gasteiger partial charge in [-0.2, -0.15) is 0 Å². The zero-order valence-electron chi connectivity index (χ0n) is 11.9. The van der Waals surface area contributed by atoms with Crippen molar-refractivity contribution in [2.75, 3.05) is 34.3 Å². The predicted octanol–water partition coefficient (Wildman–Crippen LogP) is 2.08. The maximum absolute atomic E-state index is 5.55. The number of ether oxygens (including phenoxy) is 1. The molecule has 3 heteroatoms. The third-order valence-electron chi connectivity index (χ3n) is 3.84. The van der Waals surface area contributed by atoms with Crippen LogP contribution < -0.4 is 10.1 Å². The fourth-order valence-corrected chi connectivity index (χ4v) is 2.72. The topological polar surface area (TPSA) is 24.5 Å². The molecule has 0 aliphatic carbocycles. The van der Waals surface area contributed by atoms with Gasteiger partial charge in [0.25, 0.3) is 0 Å². The SMILES string of the molecule is CCc1ccc(OC)c(C(C2CNC2)N(C)C)c1. The standard InChI is InChI=1S/C15H24N2O/c1-5-11-6-7-14(18-4)13(8-11)15(17(2)3)12-9-16-10-12/h6-8,12,15-16H,5,9-10H2,1-4H3. The van der Waals surface area contributed by atoms with Gasteiger partial charge in [-0.3, -0.25) is 0 Å². The van der Waals surface area contributed by atoms with E-state index in [0.29, 0.717) is 12.0 Å². The molecule has 1 aromatic rings. The van der Waals surface area contributed by atoms with Gasteiger partial charge in [0.1, 0.15) is 5.75 Å². The Balaban J connectivity index is 2.37. The summed E-state index contributed by atoms with van der Waals surface area (Å²) in [6, 6.07) is 7.01. The lowest BCUT2D eigenvalue weighted by atomic mass is 9.86. The highest BCUT2D eigenvalue weighted by atomic mass is 16.5. The van der Waals surface area contributed by atoms with Gasteiger partial charge in [0.05, 0.1) is 7.11 Å². The lowest BCUT2D eigenvalue weighted by molar-refractivity contribution is 0.157. The monoisotopic (exact) mass is 248 g/mol. The van der Waals surface area contributed by atoms with Gasteiger partial charge in [-0.1, -0.05) is 19.1 Å². The van der Waals surface area contributed by atoms with Crippen LogP contribution in [-0.2, 0) is 6.42 Å². The largest absolute Gasteiger partial charge is 0.496 e. The van der Waals surface area contributed by atoms with Gasteiger partial charge in [0, 0.05) is 30.6 Å². The minimum atomic E-state index is 0.438. The highest BCUT2D eigenvalue weighted by Crippen LogP contribution is 2.35. The van der Waals surface area contributed by atoms with Crippen LogP contribution in [0.2, 0.25) is 0 Å². The van der Waals surface area contributed by atoms with Crippen LogP contribution in [0.15, 0.2) is 18.2 Å². The van der Waals surface area contributed by atoms with Crippen molar-refractivity contribution in [3.05, 3.63) is 29.3 Å². The zero-order chi connectivity index (χ0) is 13.1. The van der Waals surface area contributed by atoms with Gasteiger partial charge in [0.2, 0.25) is 0 Å². The fraction of sp³-hybridized carbons (Fsp3) is 0.600. The van der Waals surface area contributed by atoms with Crippen molar-refractivity contribution in [3.63, 3.8) is 0 Å². The van der Waals surface area contributed by atoms with Crippen molar-refractivity contribution in [2.45, 2.75) is 19.4 Å². The summed E-state index contributed by atoms with van der Waals surface area (Å²) in [4.78, 5) is 2.31. The number of nitrogens with zero attached hydrogens (tertiary/aromatic N) is 1. The molecule has 1 atom stereocenters. The van der Waals surface area contributed by atoms with Gasteiger partial charge in [-0.25, -0.2) is 0 Å². The predicted molar refractivity (Wildman–Crippen MR) is 75.2 cm³/mol. The molecule has 0 radical (unpaired) electrons. The minimum Gasteiger partial charge on any atom is -0.496 e. The third-order valence-corrected chi connectivity index (χ3v) is 3.84. The molecule has 1 heterocycles. The summed E-state index contributed by atoms with van der Waals surface area (Å²) in [5, 5.41) is 3.36. The Labute approximate surface area is 110 Å². The fourth-order valence-electron chi connectivity index (χ4n) is 2.72. The van der Waals surface area contributed by atoms with E-state index in [1.54, 1.807) is 7.11 Å². The molecule has 0 amide bonds. The maximum atomic E-state index is 5.55. The summed E-state index contributed by atoms with van der Waals surface area (Å²) in [7, 11) is 6.07. The van der Waals surface area contributed by atoms with E-state index in [9.17, 15) is 0 Å². The number of hydrogen-bond acceptors (Lipinski definition) is 3. The van der Waals surface area contributed by atoms with E-state index in [-0.39, 0.29) is 0 Å². The van der Waals surface area contributed by atoms with E-state index in [1.807, 2.05) is 0 Å². The average Bonchev–Trinajstić information content (AvgIpc) is 2.32. The molecule has 100 valence electrons. The molecule has 1 aromatic carbocycles. The molecule has 0 saturated carbocycles. The summed E-state index contributed by atoms with van der Waals surface area (Å²) >= 11 is 0. The molecule has 2 rings (SSSR count). The highest BCUT2D eigenvalue weighted by Gasteiger charge is 2.31. The van der Waals surface area contributed by atoms with Crippen LogP contribution in [0.1, 0.15) is 24.1 Å². The molecule has 0 spiro atoms. The van der Waals surface area contributed by atoms with E-state index in [2.05, 4.69) is 49.4 Å². The molecular weight excluding hydrogens is 224 g/mol. The average molecular weight is 248 g/mol. The van der Waals surface area contributed by atoms with Crippen LogP contribution in [0.4, 0.5) is 0 Å². The Hall–Kier alpha value is -1.06. The summed E-state index contributed by atoms with van der Waals surface area (Å²) in [6.07, 6.45) is 1.07. The smallest absolute Gasteiger partial charge is 0.123 e. The van der Waals surface area contributed by atoms with Crippen molar-refractivity contribution in [1.29, 1.82) is 0 Å². The summed E-state index contributed by atoms with van der Waals surface area (Å²) < 4.78 is 5.55. The number of benzene rings is 1. The molecule has 1 unspecified atom stereocenters. The van der Waals surface area contributed by atoms with Crippen molar-refractivity contribution in [2.24, 2.45) is 5.92 Å².